The van der Waals surface area contributed by atoms with Crippen LogP contribution in [0.15, 0.2) is 144 Å². The molecule has 12 nitrogen and oxygen atoms in total. The molecular formula is C48H44N8O4S2. The second kappa shape index (κ2) is 17.0. The zero-order valence-corrected chi connectivity index (χ0v) is 36.0. The summed E-state index contributed by atoms with van der Waals surface area (Å²) >= 11 is 1.72. The number of hydrogen-bond acceptors (Lipinski definition) is 9. The summed E-state index contributed by atoms with van der Waals surface area (Å²) in [5, 5.41) is 7.26. The molecule has 0 atom stereocenters. The highest BCUT2D eigenvalue weighted by atomic mass is 32.2. The highest BCUT2D eigenvalue weighted by molar-refractivity contribution is 8.00. The van der Waals surface area contributed by atoms with Crippen LogP contribution in [0.2, 0.25) is 0 Å². The van der Waals surface area contributed by atoms with Gasteiger partial charge in [-0.15, -0.1) is 0 Å². The van der Waals surface area contributed by atoms with Gasteiger partial charge in [-0.3, -0.25) is 18.4 Å². The monoisotopic (exact) mass is 860 g/mol. The van der Waals surface area contributed by atoms with Crippen LogP contribution in [-0.2, 0) is 9.84 Å². The topological polar surface area (TPSA) is 153 Å². The molecule has 0 aliphatic heterocycles. The van der Waals surface area contributed by atoms with E-state index in [-0.39, 0.29) is 22.5 Å². The molecule has 2 saturated carbocycles. The van der Waals surface area contributed by atoms with Crippen LogP contribution in [0.25, 0.3) is 56.3 Å². The van der Waals surface area contributed by atoms with Gasteiger partial charge in [0.05, 0.1) is 35.2 Å². The van der Waals surface area contributed by atoms with Crippen LogP contribution >= 0.6 is 11.8 Å². The van der Waals surface area contributed by atoms with Gasteiger partial charge in [-0.05, 0) is 49.9 Å². The third kappa shape index (κ3) is 9.02. The van der Waals surface area contributed by atoms with E-state index in [4.69, 9.17) is 4.98 Å². The van der Waals surface area contributed by atoms with Gasteiger partial charge in [-0.2, -0.15) is 0 Å². The van der Waals surface area contributed by atoms with Crippen LogP contribution in [0.4, 0.5) is 0 Å². The predicted molar refractivity (Wildman–Crippen MR) is 243 cm³/mol. The van der Waals surface area contributed by atoms with E-state index >= 15 is 0 Å². The Morgan fingerprint density at radius 2 is 1.05 bits per heavy atom. The van der Waals surface area contributed by atoms with Crippen molar-refractivity contribution in [2.75, 3.05) is 6.26 Å². The Kier molecular flexibility index (Phi) is 11.2. The molecule has 4 heterocycles. The lowest BCUT2D eigenvalue weighted by Crippen LogP contribution is -2.25. The van der Waals surface area contributed by atoms with Gasteiger partial charge in [-0.25, -0.2) is 28.4 Å². The van der Waals surface area contributed by atoms with Crippen molar-refractivity contribution in [3.63, 3.8) is 0 Å². The Hall–Kier alpha value is -6.64. The molecule has 4 aromatic carbocycles. The predicted octanol–water partition coefficient (Wildman–Crippen LogP) is 8.82. The maximum Gasteiger partial charge on any atom is 0.251 e. The fraction of sp³-hybridized carbons (Fsp3) is 0.208. The lowest BCUT2D eigenvalue weighted by Gasteiger charge is -2.11. The average Bonchev–Trinajstić information content (AvgIpc) is 4.20. The van der Waals surface area contributed by atoms with E-state index in [1.165, 1.54) is 0 Å². The summed E-state index contributed by atoms with van der Waals surface area (Å²) in [7, 11) is -3.60. The first-order valence-electron chi connectivity index (χ1n) is 20.5. The smallest absolute Gasteiger partial charge is 0.251 e. The van der Waals surface area contributed by atoms with E-state index < -0.39 is 9.84 Å². The summed E-state index contributed by atoms with van der Waals surface area (Å²) in [6.07, 6.45) is 12.7. The van der Waals surface area contributed by atoms with Gasteiger partial charge in [0.25, 0.3) is 11.8 Å². The first kappa shape index (κ1) is 40.7. The van der Waals surface area contributed by atoms with Gasteiger partial charge in [0.15, 0.2) is 26.2 Å². The van der Waals surface area contributed by atoms with Gasteiger partial charge >= 0.3 is 0 Å². The largest absolute Gasteiger partial charge is 0.349 e. The van der Waals surface area contributed by atoms with Gasteiger partial charge < -0.3 is 10.6 Å². The fourth-order valence-corrected chi connectivity index (χ4v) is 8.57. The summed E-state index contributed by atoms with van der Waals surface area (Å²) < 4.78 is 28.7. The third-order valence-corrected chi connectivity index (χ3v) is 12.4. The Balaban J connectivity index is 0.000000158. The molecule has 14 heteroatoms. The summed E-state index contributed by atoms with van der Waals surface area (Å²) in [6, 6.07) is 35.2. The molecule has 4 aromatic heterocycles. The number of sulfone groups is 1. The van der Waals surface area contributed by atoms with Crippen LogP contribution < -0.4 is 10.6 Å². The van der Waals surface area contributed by atoms with Gasteiger partial charge in [-0.1, -0.05) is 111 Å². The quantitative estimate of drug-likeness (QED) is 0.122. The van der Waals surface area contributed by atoms with Gasteiger partial charge in [0.1, 0.15) is 5.03 Å². The summed E-state index contributed by atoms with van der Waals surface area (Å²) in [4.78, 5) is 42.9. The Bertz CT molecular complexity index is 3030. The Morgan fingerprint density at radius 1 is 0.613 bits per heavy atom. The van der Waals surface area contributed by atoms with E-state index in [0.717, 1.165) is 76.3 Å². The molecule has 62 heavy (non-hydrogen) atoms. The molecule has 0 saturated heterocycles. The van der Waals surface area contributed by atoms with E-state index in [2.05, 4.69) is 56.0 Å². The Morgan fingerprint density at radius 3 is 1.48 bits per heavy atom. The number of carbonyl (C=O) groups is 2. The molecule has 0 radical (unpaired) electrons. The van der Waals surface area contributed by atoms with Gasteiger partial charge in [0, 0.05) is 69.4 Å². The van der Waals surface area contributed by atoms with Crippen molar-refractivity contribution in [1.82, 2.24) is 39.4 Å². The van der Waals surface area contributed by atoms with Crippen LogP contribution in [0.5, 0.6) is 0 Å². The number of aromatic nitrogens is 6. The van der Waals surface area contributed by atoms with Crippen molar-refractivity contribution in [2.45, 2.75) is 66.9 Å². The van der Waals surface area contributed by atoms with Crippen LogP contribution in [-0.4, -0.2) is 72.6 Å². The lowest BCUT2D eigenvalue weighted by atomic mass is 10.1. The number of fused-ring (bicyclic) bond motifs is 2. The highest BCUT2D eigenvalue weighted by Crippen LogP contribution is 2.33. The zero-order valence-electron chi connectivity index (χ0n) is 34.4. The molecule has 2 amide bonds. The van der Waals surface area contributed by atoms with E-state index in [1.807, 2.05) is 97.3 Å². The molecule has 0 spiro atoms. The summed E-state index contributed by atoms with van der Waals surface area (Å²) in [5.74, 6) is -0.0829. The van der Waals surface area contributed by atoms with Crippen molar-refractivity contribution in [3.8, 4) is 45.0 Å². The number of hydrogen-bond donors (Lipinski definition) is 2. The number of carbonyl (C=O) groups excluding carboxylic acids is 2. The summed E-state index contributed by atoms with van der Waals surface area (Å²) in [5.41, 5.74) is 9.26. The minimum absolute atomic E-state index is 0.00150. The first-order chi connectivity index (χ1) is 30.0. The van der Waals surface area contributed by atoms with Crippen molar-refractivity contribution >= 4 is 44.7 Å². The molecule has 10 rings (SSSR count). The van der Waals surface area contributed by atoms with Crippen LogP contribution in [0.1, 0.15) is 60.2 Å². The molecule has 2 aliphatic carbocycles. The number of nitrogens with one attached hydrogen (secondary N) is 2. The SMILES string of the molecule is CC(C)Sc1nc(-c2ccccc2)cn2c(-c3ccc(C(=O)NC4CC4)cc3)cnc12.CS(=O)(=O)c1nc(-c2ccccc2)cn2c(-c3ccc(C(=O)NC4CC4)cc3)cnc12. The molecule has 8 aromatic rings. The maximum atomic E-state index is 12.4. The van der Waals surface area contributed by atoms with E-state index in [0.29, 0.717) is 39.8 Å². The third-order valence-electron chi connectivity index (χ3n) is 10.5. The number of rotatable bonds is 11. The lowest BCUT2D eigenvalue weighted by molar-refractivity contribution is 0.0942. The number of thioether (sulfide) groups is 1. The molecule has 2 N–H and O–H groups in total. The minimum Gasteiger partial charge on any atom is -0.349 e. The second-order valence-corrected chi connectivity index (χ2v) is 19.4. The molecule has 0 unspecified atom stereocenters. The molecule has 2 aliphatic rings. The van der Waals surface area contributed by atoms with Crippen molar-refractivity contribution < 1.29 is 18.0 Å². The first-order valence-corrected chi connectivity index (χ1v) is 23.3. The van der Waals surface area contributed by atoms with Gasteiger partial charge in [0.2, 0.25) is 0 Å². The van der Waals surface area contributed by atoms with Crippen molar-refractivity contribution in [3.05, 3.63) is 145 Å². The minimum atomic E-state index is -3.60. The number of nitrogens with zero attached hydrogens (tertiary/aromatic N) is 6. The van der Waals surface area contributed by atoms with Crippen LogP contribution in [0.3, 0.4) is 0 Å². The number of amides is 2. The zero-order chi connectivity index (χ0) is 43.0. The maximum absolute atomic E-state index is 12.4. The average molecular weight is 861 g/mol. The van der Waals surface area contributed by atoms with Crippen molar-refractivity contribution in [2.24, 2.45) is 0 Å². The second-order valence-electron chi connectivity index (χ2n) is 15.9. The number of imidazole rings is 2. The fourth-order valence-electron chi connectivity index (χ4n) is 6.97. The van der Waals surface area contributed by atoms with Crippen molar-refractivity contribution in [1.29, 1.82) is 0 Å². The molecule has 0 bridgehead atoms. The Labute approximate surface area is 363 Å². The summed E-state index contributed by atoms with van der Waals surface area (Å²) in [6.45, 7) is 4.32. The normalized spacial score (nSPS) is 13.8. The van der Waals surface area contributed by atoms with E-state index in [9.17, 15) is 18.0 Å². The standard InChI is InChI=1S/C25H24N4OS.C23H20N4O3S/c1-16(2)31-25-23-26-14-22(29(23)15-21(28-25)17-6-4-3-5-7-17)18-8-10-19(11-9-18)24(30)27-20-12-13-20;1-31(29,30)23-21-24-13-20(27(21)14-19(26-23)15-5-3-2-4-6-15)16-7-9-17(10-8-16)22(28)25-18-11-12-18/h3-11,14-16,20H,12-13H2,1-2H3,(H,27,30);2-10,13-14,18H,11-12H2,1H3,(H,25,28). The van der Waals surface area contributed by atoms with E-state index in [1.54, 1.807) is 40.7 Å². The number of benzene rings is 4. The molecule has 312 valence electrons. The molecular weight excluding hydrogens is 817 g/mol. The highest BCUT2D eigenvalue weighted by Gasteiger charge is 2.25. The van der Waals surface area contributed by atoms with Crippen LogP contribution in [0, 0.1) is 0 Å². The molecule has 2 fully saturated rings.